The van der Waals surface area contributed by atoms with E-state index in [0.717, 1.165) is 12.8 Å². The van der Waals surface area contributed by atoms with Gasteiger partial charge in [-0.05, 0) is 6.42 Å². The summed E-state index contributed by atoms with van der Waals surface area (Å²) in [6, 6.07) is 0. The Balaban J connectivity index is 0. The fourth-order valence-corrected chi connectivity index (χ4v) is 1.10. The van der Waals surface area contributed by atoms with Crippen molar-refractivity contribution in [3.8, 4) is 0 Å². The first-order chi connectivity index (χ1) is 6.31. The van der Waals surface area contributed by atoms with Gasteiger partial charge in [-0.3, -0.25) is 9.50 Å². The van der Waals surface area contributed by atoms with Gasteiger partial charge in [0.15, 0.2) is 0 Å². The van der Waals surface area contributed by atoms with Crippen molar-refractivity contribution in [1.82, 2.24) is 0 Å². The summed E-state index contributed by atoms with van der Waals surface area (Å²) >= 11 is 0. The summed E-state index contributed by atoms with van der Waals surface area (Å²) in [5.41, 5.74) is 0. The summed E-state index contributed by atoms with van der Waals surface area (Å²) in [5.74, 6) is -0.101. The number of unbranched alkanes of at least 4 members (excludes halogenated alkanes) is 4. The molecule has 0 saturated carbocycles. The lowest BCUT2D eigenvalue weighted by atomic mass is 10.1. The maximum absolute atomic E-state index is 11.0. The van der Waals surface area contributed by atoms with E-state index >= 15 is 0 Å². The molecule has 0 saturated heterocycles. The molecule has 0 unspecified atom stereocenters. The second kappa shape index (κ2) is 12.1. The summed E-state index contributed by atoms with van der Waals surface area (Å²) in [6.45, 7) is 6.00. The molecule has 84 valence electrons. The lowest BCUT2D eigenvalue weighted by Crippen LogP contribution is -2.03. The minimum Gasteiger partial charge on any atom is -0.461 e. The van der Waals surface area contributed by atoms with E-state index in [2.05, 4.69) is 13.5 Å². The Morgan fingerprint density at radius 2 is 1.93 bits per heavy atom. The average molecular weight is 204 g/mol. The van der Waals surface area contributed by atoms with Crippen molar-refractivity contribution in [1.29, 1.82) is 0 Å². The van der Waals surface area contributed by atoms with E-state index < -0.39 is 0 Å². The second-order valence-electron chi connectivity index (χ2n) is 3.14. The molecule has 14 heavy (non-hydrogen) atoms. The number of ether oxygens (including phenoxy) is 1. The molecule has 0 radical (unpaired) electrons. The zero-order valence-corrected chi connectivity index (χ0v) is 8.96. The minimum absolute atomic E-state index is 0. The minimum atomic E-state index is -0.101. The Hall–Kier alpha value is -0.860. The van der Waals surface area contributed by atoms with Crippen LogP contribution in [0, 0.1) is 0 Å². The fourth-order valence-electron chi connectivity index (χ4n) is 1.10. The van der Waals surface area contributed by atoms with Gasteiger partial charge in [0.25, 0.3) is 0 Å². The van der Waals surface area contributed by atoms with E-state index in [1.807, 2.05) is 0 Å². The molecular formula is C11H21FO2. The summed E-state index contributed by atoms with van der Waals surface area (Å²) in [7, 11) is 0. The van der Waals surface area contributed by atoms with Crippen molar-refractivity contribution in [3.63, 3.8) is 0 Å². The zero-order chi connectivity index (χ0) is 9.94. The van der Waals surface area contributed by atoms with Gasteiger partial charge < -0.3 is 4.74 Å². The highest BCUT2D eigenvalue weighted by Gasteiger charge is 2.00. The van der Waals surface area contributed by atoms with E-state index in [9.17, 15) is 4.79 Å². The molecule has 0 aromatic heterocycles. The van der Waals surface area contributed by atoms with Crippen molar-refractivity contribution < 1.29 is 14.2 Å². The van der Waals surface area contributed by atoms with Gasteiger partial charge >= 0.3 is 5.97 Å². The topological polar surface area (TPSA) is 26.3 Å². The van der Waals surface area contributed by atoms with Crippen molar-refractivity contribution in [2.75, 3.05) is 6.61 Å². The molecule has 0 N–H and O–H groups in total. The number of hydrogen-bond donors (Lipinski definition) is 0. The van der Waals surface area contributed by atoms with E-state index in [0.29, 0.717) is 13.0 Å². The normalized spacial score (nSPS) is 8.93. The highest BCUT2D eigenvalue weighted by atomic mass is 19.0. The fraction of sp³-hybridized carbons (Fsp3) is 0.727. The maximum atomic E-state index is 11.0. The molecular weight excluding hydrogens is 183 g/mol. The van der Waals surface area contributed by atoms with Gasteiger partial charge in [0.1, 0.15) is 6.61 Å². The lowest BCUT2D eigenvalue weighted by Gasteiger charge is -2.01. The molecule has 0 amide bonds. The van der Waals surface area contributed by atoms with Gasteiger partial charge in [-0.1, -0.05) is 45.3 Å². The van der Waals surface area contributed by atoms with Crippen molar-refractivity contribution >= 4 is 5.97 Å². The highest BCUT2D eigenvalue weighted by Crippen LogP contribution is 2.05. The van der Waals surface area contributed by atoms with E-state index in [-0.39, 0.29) is 10.7 Å². The SMILES string of the molecule is C=CCOC(=O)CCCCCCC.F. The van der Waals surface area contributed by atoms with Crippen LogP contribution in [0.25, 0.3) is 0 Å². The number of halogens is 1. The number of esters is 1. The molecule has 0 aliphatic carbocycles. The van der Waals surface area contributed by atoms with Gasteiger partial charge in [-0.25, -0.2) is 0 Å². The van der Waals surface area contributed by atoms with E-state index in [1.54, 1.807) is 6.08 Å². The Kier molecular flexibility index (Phi) is 13.5. The van der Waals surface area contributed by atoms with Crippen LogP contribution in [0.15, 0.2) is 12.7 Å². The average Bonchev–Trinajstić information content (AvgIpc) is 2.14. The van der Waals surface area contributed by atoms with Crippen LogP contribution in [0.2, 0.25) is 0 Å². The monoisotopic (exact) mass is 204 g/mol. The molecule has 0 aromatic rings. The van der Waals surface area contributed by atoms with E-state index in [1.165, 1.54) is 19.3 Å². The van der Waals surface area contributed by atoms with E-state index in [4.69, 9.17) is 4.74 Å². The largest absolute Gasteiger partial charge is 0.461 e. The third-order valence-electron chi connectivity index (χ3n) is 1.85. The van der Waals surface area contributed by atoms with Crippen LogP contribution in [-0.2, 0) is 9.53 Å². The molecule has 0 spiro atoms. The van der Waals surface area contributed by atoms with Gasteiger partial charge in [-0.15, -0.1) is 0 Å². The van der Waals surface area contributed by atoms with Crippen LogP contribution in [0.4, 0.5) is 4.70 Å². The maximum Gasteiger partial charge on any atom is 0.306 e. The van der Waals surface area contributed by atoms with Crippen LogP contribution in [0.3, 0.4) is 0 Å². The van der Waals surface area contributed by atoms with Gasteiger partial charge in [0.2, 0.25) is 0 Å². The van der Waals surface area contributed by atoms with Crippen LogP contribution in [-0.4, -0.2) is 12.6 Å². The molecule has 0 aliphatic rings. The summed E-state index contributed by atoms with van der Waals surface area (Å²) in [5, 5.41) is 0. The molecule has 0 rings (SSSR count). The number of carbonyl (C=O) groups excluding carboxylic acids is 1. The van der Waals surface area contributed by atoms with Crippen LogP contribution in [0.1, 0.15) is 45.4 Å². The quantitative estimate of drug-likeness (QED) is 0.345. The first-order valence-electron chi connectivity index (χ1n) is 5.07. The Morgan fingerprint density at radius 3 is 2.50 bits per heavy atom. The third kappa shape index (κ3) is 11.1. The molecule has 0 heterocycles. The van der Waals surface area contributed by atoms with Crippen LogP contribution in [0.5, 0.6) is 0 Å². The number of carbonyl (C=O) groups is 1. The third-order valence-corrected chi connectivity index (χ3v) is 1.85. The van der Waals surface area contributed by atoms with Crippen molar-refractivity contribution in [2.45, 2.75) is 45.4 Å². The zero-order valence-electron chi connectivity index (χ0n) is 8.96. The summed E-state index contributed by atoms with van der Waals surface area (Å²) < 4.78 is 4.84. The molecule has 0 atom stereocenters. The summed E-state index contributed by atoms with van der Waals surface area (Å²) in [6.07, 6.45) is 7.97. The molecule has 0 aliphatic heterocycles. The summed E-state index contributed by atoms with van der Waals surface area (Å²) in [4.78, 5) is 11.0. The van der Waals surface area contributed by atoms with Crippen LogP contribution >= 0.6 is 0 Å². The predicted octanol–water partition coefficient (Wildman–Crippen LogP) is 3.23. The molecule has 0 bridgehead atoms. The number of hydrogen-bond acceptors (Lipinski definition) is 2. The predicted molar refractivity (Wildman–Crippen MR) is 57.0 cm³/mol. The smallest absolute Gasteiger partial charge is 0.306 e. The number of rotatable bonds is 8. The highest BCUT2D eigenvalue weighted by molar-refractivity contribution is 5.69. The molecule has 3 heteroatoms. The Morgan fingerprint density at radius 1 is 1.29 bits per heavy atom. The lowest BCUT2D eigenvalue weighted by molar-refractivity contribution is -0.142. The van der Waals surface area contributed by atoms with Crippen LogP contribution < -0.4 is 0 Å². The van der Waals surface area contributed by atoms with Gasteiger partial charge in [-0.2, -0.15) is 0 Å². The van der Waals surface area contributed by atoms with Gasteiger partial charge in [0, 0.05) is 6.42 Å². The molecule has 0 aromatic carbocycles. The van der Waals surface area contributed by atoms with Crippen molar-refractivity contribution in [3.05, 3.63) is 12.7 Å². The van der Waals surface area contributed by atoms with Crippen molar-refractivity contribution in [2.24, 2.45) is 0 Å². The first-order valence-corrected chi connectivity index (χ1v) is 5.07. The standard InChI is InChI=1S/C11H20O2.FH/c1-3-5-6-7-8-9-11(12)13-10-4-2;/h4H,2-3,5-10H2,1H3;1H. The molecule has 0 fully saturated rings. The Labute approximate surface area is 85.7 Å². The Bertz CT molecular complexity index is 146. The molecule has 2 nitrogen and oxygen atoms in total. The first kappa shape index (κ1) is 15.6. The van der Waals surface area contributed by atoms with Gasteiger partial charge in [0.05, 0.1) is 0 Å². The second-order valence-corrected chi connectivity index (χ2v) is 3.14.